The van der Waals surface area contributed by atoms with Crippen molar-refractivity contribution in [3.8, 4) is 0 Å². The van der Waals surface area contributed by atoms with Gasteiger partial charge in [-0.1, -0.05) is 13.8 Å². The largest absolute Gasteiger partial charge is 0.347 e. The van der Waals surface area contributed by atoms with Crippen molar-refractivity contribution in [2.24, 2.45) is 5.92 Å². The van der Waals surface area contributed by atoms with E-state index in [0.717, 1.165) is 17.4 Å². The van der Waals surface area contributed by atoms with Gasteiger partial charge in [-0.05, 0) is 18.1 Å². The maximum atomic E-state index is 10.7. The van der Waals surface area contributed by atoms with E-state index in [-0.39, 0.29) is 10.6 Å². The quantitative estimate of drug-likeness (QED) is 0.586. The normalized spacial score (nSPS) is 11.2. The van der Waals surface area contributed by atoms with Crippen LogP contribution < -0.4 is 0 Å². The number of non-ortho nitro benzene ring substituents is 1. The third-order valence-corrected chi connectivity index (χ3v) is 2.53. The Bertz CT molecular complexity index is 529. The van der Waals surface area contributed by atoms with Gasteiger partial charge in [0.2, 0.25) is 0 Å². The van der Waals surface area contributed by atoms with Crippen LogP contribution in [0.15, 0.2) is 30.5 Å². The molecule has 1 aromatic carbocycles. The van der Waals surface area contributed by atoms with Gasteiger partial charge in [-0.3, -0.25) is 10.1 Å². The van der Waals surface area contributed by atoms with E-state index >= 15 is 0 Å². The van der Waals surface area contributed by atoms with E-state index in [0.29, 0.717) is 5.92 Å². The minimum absolute atomic E-state index is 0.149. The van der Waals surface area contributed by atoms with E-state index in [2.05, 4.69) is 18.4 Å². The number of nitro benzene ring substituents is 1. The van der Waals surface area contributed by atoms with E-state index in [4.69, 9.17) is 0 Å². The third-order valence-electron chi connectivity index (χ3n) is 2.53. The van der Waals surface area contributed by atoms with Crippen LogP contribution >= 0.6 is 0 Å². The Morgan fingerprint density at radius 1 is 1.38 bits per heavy atom. The van der Waals surface area contributed by atoms with Gasteiger partial charge in [0, 0.05) is 30.3 Å². The first-order valence-corrected chi connectivity index (χ1v) is 5.31. The van der Waals surface area contributed by atoms with Gasteiger partial charge >= 0.3 is 0 Å². The number of hydrogen-bond acceptors (Lipinski definition) is 2. The van der Waals surface area contributed by atoms with E-state index in [1.54, 1.807) is 18.2 Å². The number of aromatic nitrogens is 1. The van der Waals surface area contributed by atoms with E-state index in [1.165, 1.54) is 0 Å². The molecule has 1 aromatic heterocycles. The highest BCUT2D eigenvalue weighted by atomic mass is 16.6. The SMILES string of the molecule is CC(C)Cn1ccc2ccc([N+](=O)[O-])cc21. The summed E-state index contributed by atoms with van der Waals surface area (Å²) in [6, 6.07) is 6.96. The Hall–Kier alpha value is -1.84. The molecule has 0 spiro atoms. The fraction of sp³-hybridized carbons (Fsp3) is 0.333. The minimum Gasteiger partial charge on any atom is -0.347 e. The van der Waals surface area contributed by atoms with Crippen LogP contribution in [-0.4, -0.2) is 9.49 Å². The van der Waals surface area contributed by atoms with Gasteiger partial charge in [0.05, 0.1) is 10.4 Å². The number of nitrogens with zero attached hydrogens (tertiary/aromatic N) is 2. The molecule has 0 aliphatic carbocycles. The molecule has 0 saturated carbocycles. The summed E-state index contributed by atoms with van der Waals surface area (Å²) in [7, 11) is 0. The van der Waals surface area contributed by atoms with Gasteiger partial charge in [-0.25, -0.2) is 0 Å². The monoisotopic (exact) mass is 218 g/mol. The first-order chi connectivity index (χ1) is 7.58. The van der Waals surface area contributed by atoms with Gasteiger partial charge in [0.15, 0.2) is 0 Å². The zero-order valence-corrected chi connectivity index (χ0v) is 9.38. The molecule has 1 heterocycles. The molecule has 0 bridgehead atoms. The van der Waals surface area contributed by atoms with Gasteiger partial charge in [-0.15, -0.1) is 0 Å². The van der Waals surface area contributed by atoms with Crippen molar-refractivity contribution in [2.45, 2.75) is 20.4 Å². The standard InChI is InChI=1S/C12H14N2O2/c1-9(2)8-13-6-5-10-3-4-11(14(15)16)7-12(10)13/h3-7,9H,8H2,1-2H3. The van der Waals surface area contributed by atoms with Gasteiger partial charge < -0.3 is 4.57 Å². The van der Waals surface area contributed by atoms with Crippen molar-refractivity contribution >= 4 is 16.6 Å². The smallest absolute Gasteiger partial charge is 0.271 e. The lowest BCUT2D eigenvalue weighted by Crippen LogP contribution is -2.02. The fourth-order valence-corrected chi connectivity index (χ4v) is 1.84. The summed E-state index contributed by atoms with van der Waals surface area (Å²) < 4.78 is 2.06. The molecule has 0 aliphatic rings. The molecule has 0 fully saturated rings. The summed E-state index contributed by atoms with van der Waals surface area (Å²) in [5.74, 6) is 0.523. The molecule has 4 nitrogen and oxygen atoms in total. The fourth-order valence-electron chi connectivity index (χ4n) is 1.84. The maximum absolute atomic E-state index is 10.7. The summed E-state index contributed by atoms with van der Waals surface area (Å²) in [5, 5.41) is 11.7. The lowest BCUT2D eigenvalue weighted by Gasteiger charge is -2.07. The molecule has 16 heavy (non-hydrogen) atoms. The predicted molar refractivity (Wildman–Crippen MR) is 63.4 cm³/mol. The molecule has 0 saturated heterocycles. The lowest BCUT2D eigenvalue weighted by atomic mass is 10.2. The average Bonchev–Trinajstić information content (AvgIpc) is 2.60. The second kappa shape index (κ2) is 3.96. The zero-order chi connectivity index (χ0) is 11.7. The van der Waals surface area contributed by atoms with Crippen molar-refractivity contribution in [1.29, 1.82) is 0 Å². The predicted octanol–water partition coefficient (Wildman–Crippen LogP) is 3.21. The van der Waals surface area contributed by atoms with Crippen molar-refractivity contribution in [3.05, 3.63) is 40.6 Å². The van der Waals surface area contributed by atoms with E-state index in [9.17, 15) is 10.1 Å². The Kier molecular flexibility index (Phi) is 2.64. The number of fused-ring (bicyclic) bond motifs is 1. The number of benzene rings is 1. The molecule has 4 heteroatoms. The molecular weight excluding hydrogens is 204 g/mol. The number of hydrogen-bond donors (Lipinski definition) is 0. The Balaban J connectivity index is 2.51. The molecule has 2 rings (SSSR count). The van der Waals surface area contributed by atoms with Crippen LogP contribution in [0, 0.1) is 16.0 Å². The summed E-state index contributed by atoms with van der Waals surface area (Å²) in [6.45, 7) is 5.14. The van der Waals surface area contributed by atoms with Crippen molar-refractivity contribution < 1.29 is 4.92 Å². The lowest BCUT2D eigenvalue weighted by molar-refractivity contribution is -0.384. The summed E-state index contributed by atoms with van der Waals surface area (Å²) in [4.78, 5) is 10.3. The third kappa shape index (κ3) is 1.91. The molecule has 0 unspecified atom stereocenters. The number of rotatable bonds is 3. The maximum Gasteiger partial charge on any atom is 0.271 e. The topological polar surface area (TPSA) is 48.1 Å². The van der Waals surface area contributed by atoms with Crippen LogP contribution in [0.25, 0.3) is 10.9 Å². The van der Waals surface area contributed by atoms with Crippen molar-refractivity contribution in [2.75, 3.05) is 0 Å². The molecular formula is C12H14N2O2. The Morgan fingerprint density at radius 3 is 2.75 bits per heavy atom. The number of nitro groups is 1. The van der Waals surface area contributed by atoms with Crippen LogP contribution in [0.1, 0.15) is 13.8 Å². The highest BCUT2D eigenvalue weighted by molar-refractivity contribution is 5.82. The van der Waals surface area contributed by atoms with Crippen LogP contribution in [0.4, 0.5) is 5.69 Å². The Morgan fingerprint density at radius 2 is 2.12 bits per heavy atom. The highest BCUT2D eigenvalue weighted by Crippen LogP contribution is 2.22. The van der Waals surface area contributed by atoms with Gasteiger partial charge in [0.25, 0.3) is 5.69 Å². The molecule has 0 N–H and O–H groups in total. The minimum atomic E-state index is -0.355. The van der Waals surface area contributed by atoms with Crippen LogP contribution in [0.2, 0.25) is 0 Å². The van der Waals surface area contributed by atoms with Gasteiger partial charge in [-0.2, -0.15) is 0 Å². The molecule has 0 aliphatic heterocycles. The average molecular weight is 218 g/mol. The summed E-state index contributed by atoms with van der Waals surface area (Å²) in [6.07, 6.45) is 1.98. The summed E-state index contributed by atoms with van der Waals surface area (Å²) >= 11 is 0. The first kappa shape index (κ1) is 10.7. The van der Waals surface area contributed by atoms with Crippen molar-refractivity contribution in [3.63, 3.8) is 0 Å². The highest BCUT2D eigenvalue weighted by Gasteiger charge is 2.09. The van der Waals surface area contributed by atoms with Crippen molar-refractivity contribution in [1.82, 2.24) is 4.57 Å². The molecule has 0 radical (unpaired) electrons. The molecule has 0 amide bonds. The van der Waals surface area contributed by atoms with Crippen LogP contribution in [-0.2, 0) is 6.54 Å². The molecule has 0 atom stereocenters. The van der Waals surface area contributed by atoms with Crippen LogP contribution in [0.5, 0.6) is 0 Å². The van der Waals surface area contributed by atoms with Crippen LogP contribution in [0.3, 0.4) is 0 Å². The van der Waals surface area contributed by atoms with E-state index in [1.807, 2.05) is 12.3 Å². The van der Waals surface area contributed by atoms with Gasteiger partial charge in [0.1, 0.15) is 0 Å². The van der Waals surface area contributed by atoms with E-state index < -0.39 is 0 Å². The Labute approximate surface area is 93.6 Å². The second-order valence-electron chi connectivity index (χ2n) is 4.36. The first-order valence-electron chi connectivity index (χ1n) is 5.31. The summed E-state index contributed by atoms with van der Waals surface area (Å²) in [5.41, 5.74) is 1.08. The second-order valence-corrected chi connectivity index (χ2v) is 4.36. The zero-order valence-electron chi connectivity index (χ0n) is 9.38. The molecule has 84 valence electrons. The molecule has 2 aromatic rings.